The van der Waals surface area contributed by atoms with Crippen molar-refractivity contribution in [2.24, 2.45) is 0 Å². The van der Waals surface area contributed by atoms with Crippen LogP contribution in [0.4, 0.5) is 10.5 Å². The molecule has 1 N–H and O–H groups in total. The molecular formula is C17H20N4O3. The number of carbonyl (C=O) groups excluding carboxylic acids is 1. The van der Waals surface area contributed by atoms with Gasteiger partial charge in [-0.1, -0.05) is 19.1 Å². The van der Waals surface area contributed by atoms with E-state index in [4.69, 9.17) is 0 Å². The number of carbonyl (C=O) groups is 1. The van der Waals surface area contributed by atoms with E-state index in [0.717, 1.165) is 17.5 Å². The van der Waals surface area contributed by atoms with E-state index in [-0.39, 0.29) is 17.8 Å². The van der Waals surface area contributed by atoms with Gasteiger partial charge < -0.3 is 10.2 Å². The van der Waals surface area contributed by atoms with Gasteiger partial charge >= 0.3 is 6.03 Å². The topological polar surface area (TPSA) is 88.4 Å². The van der Waals surface area contributed by atoms with Crippen molar-refractivity contribution in [2.45, 2.75) is 25.9 Å². The zero-order valence-electron chi connectivity index (χ0n) is 13.7. The molecule has 24 heavy (non-hydrogen) atoms. The van der Waals surface area contributed by atoms with Gasteiger partial charge in [0, 0.05) is 38.1 Å². The molecule has 1 heterocycles. The maximum Gasteiger partial charge on any atom is 0.317 e. The van der Waals surface area contributed by atoms with Gasteiger partial charge in [0.2, 0.25) is 0 Å². The monoisotopic (exact) mass is 328 g/mol. The number of nitro groups is 1. The van der Waals surface area contributed by atoms with E-state index in [2.05, 4.69) is 10.3 Å². The fraction of sp³-hybridized carbons (Fsp3) is 0.294. The lowest BCUT2D eigenvalue weighted by molar-refractivity contribution is -0.384. The second-order valence-electron chi connectivity index (χ2n) is 5.40. The summed E-state index contributed by atoms with van der Waals surface area (Å²) in [5.41, 5.74) is 1.87. The average Bonchev–Trinajstić information content (AvgIpc) is 2.61. The standard InChI is InChI=1S/C17H20N4O3/c1-3-16(14-8-10-18-11-9-14)20(2)17(22)19-12-13-4-6-15(7-5-13)21(23)24/h4-11,16H,3,12H2,1-2H3,(H,19,22). The smallest absolute Gasteiger partial charge is 0.317 e. The number of urea groups is 1. The zero-order chi connectivity index (χ0) is 17.5. The minimum atomic E-state index is -0.448. The number of nitrogens with one attached hydrogen (secondary N) is 1. The number of rotatable bonds is 6. The highest BCUT2D eigenvalue weighted by Gasteiger charge is 2.19. The van der Waals surface area contributed by atoms with Gasteiger partial charge in [0.1, 0.15) is 0 Å². The molecule has 0 saturated carbocycles. The van der Waals surface area contributed by atoms with Crippen molar-refractivity contribution in [1.82, 2.24) is 15.2 Å². The van der Waals surface area contributed by atoms with Crippen molar-refractivity contribution in [1.29, 1.82) is 0 Å². The second kappa shape index (κ2) is 8.05. The summed E-state index contributed by atoms with van der Waals surface area (Å²) in [5, 5.41) is 13.5. The summed E-state index contributed by atoms with van der Waals surface area (Å²) < 4.78 is 0. The molecule has 0 aliphatic rings. The fourth-order valence-electron chi connectivity index (χ4n) is 2.50. The minimum absolute atomic E-state index is 0.0333. The third-order valence-electron chi connectivity index (χ3n) is 3.86. The van der Waals surface area contributed by atoms with Crippen LogP contribution in [-0.4, -0.2) is 27.9 Å². The van der Waals surface area contributed by atoms with Gasteiger partial charge in [-0.15, -0.1) is 0 Å². The molecule has 0 saturated heterocycles. The summed E-state index contributed by atoms with van der Waals surface area (Å²) >= 11 is 0. The Morgan fingerprint density at radius 1 is 1.25 bits per heavy atom. The van der Waals surface area contributed by atoms with Gasteiger partial charge in [0.15, 0.2) is 0 Å². The van der Waals surface area contributed by atoms with Crippen LogP contribution in [0.15, 0.2) is 48.8 Å². The van der Waals surface area contributed by atoms with Crippen LogP contribution >= 0.6 is 0 Å². The van der Waals surface area contributed by atoms with Crippen LogP contribution in [0.1, 0.15) is 30.5 Å². The first-order chi connectivity index (χ1) is 11.5. The van der Waals surface area contributed by atoms with Gasteiger partial charge in [-0.2, -0.15) is 0 Å². The van der Waals surface area contributed by atoms with Crippen LogP contribution in [0.3, 0.4) is 0 Å². The van der Waals surface area contributed by atoms with Crippen molar-refractivity contribution < 1.29 is 9.72 Å². The molecule has 2 rings (SSSR count). The Kier molecular flexibility index (Phi) is 5.83. The molecule has 2 amide bonds. The van der Waals surface area contributed by atoms with Gasteiger partial charge in [0.05, 0.1) is 11.0 Å². The number of aromatic nitrogens is 1. The van der Waals surface area contributed by atoms with Crippen molar-refractivity contribution in [2.75, 3.05) is 7.05 Å². The molecule has 0 spiro atoms. The summed E-state index contributed by atoms with van der Waals surface area (Å²) in [6.07, 6.45) is 4.20. The molecule has 1 unspecified atom stereocenters. The molecule has 126 valence electrons. The Balaban J connectivity index is 1.97. The number of nitro benzene ring substituents is 1. The number of hydrogen-bond acceptors (Lipinski definition) is 4. The molecule has 0 fully saturated rings. The first-order valence-corrected chi connectivity index (χ1v) is 7.66. The fourth-order valence-corrected chi connectivity index (χ4v) is 2.50. The van der Waals surface area contributed by atoms with Crippen LogP contribution in [0.5, 0.6) is 0 Å². The number of hydrogen-bond donors (Lipinski definition) is 1. The van der Waals surface area contributed by atoms with E-state index in [1.807, 2.05) is 19.1 Å². The van der Waals surface area contributed by atoms with Gasteiger partial charge in [-0.25, -0.2) is 4.79 Å². The van der Waals surface area contributed by atoms with Gasteiger partial charge in [-0.3, -0.25) is 15.1 Å². The number of amides is 2. The first kappa shape index (κ1) is 17.4. The van der Waals surface area contributed by atoms with Crippen LogP contribution in [0, 0.1) is 10.1 Å². The van der Waals surface area contributed by atoms with E-state index in [1.165, 1.54) is 12.1 Å². The maximum atomic E-state index is 12.4. The molecule has 7 heteroatoms. The molecule has 1 aromatic carbocycles. The summed E-state index contributed by atoms with van der Waals surface area (Å²) in [5.74, 6) is 0. The van der Waals surface area contributed by atoms with Crippen LogP contribution < -0.4 is 5.32 Å². The normalized spacial score (nSPS) is 11.6. The average molecular weight is 328 g/mol. The lowest BCUT2D eigenvalue weighted by Crippen LogP contribution is -2.39. The molecule has 0 radical (unpaired) electrons. The van der Waals surface area contributed by atoms with Crippen LogP contribution in [0.25, 0.3) is 0 Å². The summed E-state index contributed by atoms with van der Waals surface area (Å²) in [7, 11) is 1.75. The second-order valence-corrected chi connectivity index (χ2v) is 5.40. The van der Waals surface area contributed by atoms with Crippen molar-refractivity contribution in [3.63, 3.8) is 0 Å². The number of benzene rings is 1. The molecule has 0 aliphatic heterocycles. The number of nitrogens with zero attached hydrogens (tertiary/aromatic N) is 3. The summed E-state index contributed by atoms with van der Waals surface area (Å²) in [4.78, 5) is 28.2. The first-order valence-electron chi connectivity index (χ1n) is 7.66. The van der Waals surface area contributed by atoms with E-state index < -0.39 is 4.92 Å². The number of non-ortho nitro benzene ring substituents is 1. The highest BCUT2D eigenvalue weighted by molar-refractivity contribution is 5.74. The molecule has 2 aromatic rings. The van der Waals surface area contributed by atoms with Crippen molar-refractivity contribution >= 4 is 11.7 Å². The van der Waals surface area contributed by atoms with Crippen molar-refractivity contribution in [3.8, 4) is 0 Å². The Labute approximate surface area is 140 Å². The third kappa shape index (κ3) is 4.28. The molecule has 1 aromatic heterocycles. The van der Waals surface area contributed by atoms with Gasteiger partial charge in [-0.05, 0) is 29.7 Å². The minimum Gasteiger partial charge on any atom is -0.334 e. The Morgan fingerprint density at radius 3 is 2.42 bits per heavy atom. The van der Waals surface area contributed by atoms with Gasteiger partial charge in [0.25, 0.3) is 5.69 Å². The van der Waals surface area contributed by atoms with E-state index >= 15 is 0 Å². The van der Waals surface area contributed by atoms with Crippen molar-refractivity contribution in [3.05, 3.63) is 70.0 Å². The maximum absolute atomic E-state index is 12.4. The quantitative estimate of drug-likeness (QED) is 0.651. The molecule has 7 nitrogen and oxygen atoms in total. The van der Waals surface area contributed by atoms with E-state index in [1.54, 1.807) is 36.5 Å². The molecule has 0 aliphatic carbocycles. The number of pyridine rings is 1. The predicted octanol–water partition coefficient (Wildman–Crippen LogP) is 3.28. The third-order valence-corrected chi connectivity index (χ3v) is 3.86. The Morgan fingerprint density at radius 2 is 1.88 bits per heavy atom. The van der Waals surface area contributed by atoms with Crippen LogP contribution in [0.2, 0.25) is 0 Å². The largest absolute Gasteiger partial charge is 0.334 e. The zero-order valence-corrected chi connectivity index (χ0v) is 13.7. The van der Waals surface area contributed by atoms with E-state index in [0.29, 0.717) is 6.54 Å². The van der Waals surface area contributed by atoms with Crippen LogP contribution in [-0.2, 0) is 6.54 Å². The molecule has 0 bridgehead atoms. The highest BCUT2D eigenvalue weighted by Crippen LogP contribution is 2.22. The summed E-state index contributed by atoms with van der Waals surface area (Å²) in [6, 6.07) is 9.69. The Bertz CT molecular complexity index is 689. The lowest BCUT2D eigenvalue weighted by Gasteiger charge is -2.27. The molecular weight excluding hydrogens is 308 g/mol. The summed E-state index contributed by atoms with van der Waals surface area (Å²) in [6.45, 7) is 2.33. The SMILES string of the molecule is CCC(c1ccncc1)N(C)C(=O)NCc1ccc([N+](=O)[O-])cc1. The van der Waals surface area contributed by atoms with E-state index in [9.17, 15) is 14.9 Å². The highest BCUT2D eigenvalue weighted by atomic mass is 16.6. The Hall–Kier alpha value is -2.96. The molecule has 1 atom stereocenters. The predicted molar refractivity (Wildman–Crippen MR) is 90.4 cm³/mol. The lowest BCUT2D eigenvalue weighted by atomic mass is 10.1.